The smallest absolute Gasteiger partial charge is 0.395 e. The molecule has 3 aromatic heterocycles. The second-order valence-electron chi connectivity index (χ2n) is 7.67. The van der Waals surface area contributed by atoms with Gasteiger partial charge in [-0.25, -0.2) is 15.0 Å². The molecule has 4 aromatic rings. The van der Waals surface area contributed by atoms with Crippen molar-refractivity contribution < 1.29 is 18.3 Å². The quantitative estimate of drug-likeness (QED) is 0.534. The van der Waals surface area contributed by atoms with Gasteiger partial charge in [-0.15, -0.1) is 13.9 Å². The maximum absolute atomic E-state index is 13.5. The van der Waals surface area contributed by atoms with E-state index in [1.165, 1.54) is 16.1 Å². The second-order valence-corrected chi connectivity index (χ2v) is 7.67. The Kier molecular flexibility index (Phi) is 3.57. The summed E-state index contributed by atoms with van der Waals surface area (Å²) in [4.78, 5) is 15.6. The number of rotatable bonds is 3. The predicted octanol–water partition coefficient (Wildman–Crippen LogP) is 2.57. The van der Waals surface area contributed by atoms with Gasteiger partial charge in [-0.05, 0) is 37.1 Å². The number of alkyl halides is 2. The van der Waals surface area contributed by atoms with Crippen LogP contribution in [-0.4, -0.2) is 43.4 Å². The molecule has 2 N–H and O–H groups in total. The Morgan fingerprint density at radius 3 is 2.97 bits per heavy atom. The van der Waals surface area contributed by atoms with Gasteiger partial charge in [-0.2, -0.15) is 4.52 Å². The number of hydrogen-bond acceptors (Lipinski definition) is 8. The molecule has 31 heavy (non-hydrogen) atoms. The minimum Gasteiger partial charge on any atom is -0.395 e. The van der Waals surface area contributed by atoms with Gasteiger partial charge >= 0.3 is 6.29 Å². The monoisotopic (exact) mass is 425 g/mol. The van der Waals surface area contributed by atoms with Gasteiger partial charge in [0.15, 0.2) is 23.0 Å². The molecule has 0 saturated carbocycles. The normalized spacial score (nSPS) is 17.5. The average Bonchev–Trinajstić information content (AvgIpc) is 3.42. The summed E-state index contributed by atoms with van der Waals surface area (Å²) in [5.74, 6) is 1.32. The first-order valence-electron chi connectivity index (χ1n) is 9.84. The molecule has 11 heteroatoms. The van der Waals surface area contributed by atoms with Crippen LogP contribution < -0.4 is 20.1 Å². The number of nitrogen functional groups attached to an aromatic ring is 1. The number of ether oxygens (including phenoxy) is 2. The summed E-state index contributed by atoms with van der Waals surface area (Å²) >= 11 is 0. The Labute approximate surface area is 174 Å². The summed E-state index contributed by atoms with van der Waals surface area (Å²) in [6, 6.07) is 7.14. The third kappa shape index (κ3) is 2.72. The molecule has 0 bridgehead atoms. The molecule has 0 amide bonds. The van der Waals surface area contributed by atoms with Gasteiger partial charge in [0.25, 0.3) is 0 Å². The van der Waals surface area contributed by atoms with E-state index in [2.05, 4.69) is 47.4 Å². The van der Waals surface area contributed by atoms with E-state index in [9.17, 15) is 8.78 Å². The molecule has 1 atom stereocenters. The lowest BCUT2D eigenvalue weighted by Crippen LogP contribution is -2.33. The molecule has 0 fully saturated rings. The molecule has 0 unspecified atom stereocenters. The summed E-state index contributed by atoms with van der Waals surface area (Å²) in [5, 5.41) is 5.00. The third-order valence-electron chi connectivity index (χ3n) is 5.65. The average molecular weight is 425 g/mol. The van der Waals surface area contributed by atoms with E-state index in [0.29, 0.717) is 23.3 Å². The minimum atomic E-state index is -3.74. The molecule has 0 radical (unpaired) electrons. The molecule has 0 spiro atoms. The number of fused-ring (bicyclic) bond motifs is 6. The standard InChI is InChI=1S/C20H17F2N7O2/c1-10(28-8-6-11-3-2-7-24-17(11)28)9-14-25-18-12-4-5-13-16(31-20(21,22)30-13)15(12)26-19(23)29(18)27-14/h2-5,7,10H,6,8-9H2,1H3,(H2,23,26)/t10-/m1/s1. The number of nitrogens with two attached hydrogens (primary N) is 1. The van der Waals surface area contributed by atoms with E-state index in [-0.39, 0.29) is 29.0 Å². The summed E-state index contributed by atoms with van der Waals surface area (Å²) in [5.41, 5.74) is 7.86. The zero-order valence-electron chi connectivity index (χ0n) is 16.4. The van der Waals surface area contributed by atoms with Crippen molar-refractivity contribution in [2.75, 3.05) is 17.2 Å². The molecule has 2 aliphatic rings. The number of nitrogens with zero attached hydrogens (tertiary/aromatic N) is 6. The largest absolute Gasteiger partial charge is 0.586 e. The van der Waals surface area contributed by atoms with Gasteiger partial charge in [-0.3, -0.25) is 0 Å². The topological polar surface area (TPSA) is 104 Å². The fourth-order valence-electron chi connectivity index (χ4n) is 4.26. The van der Waals surface area contributed by atoms with E-state index in [0.717, 1.165) is 18.8 Å². The van der Waals surface area contributed by atoms with Crippen molar-refractivity contribution >= 4 is 28.3 Å². The summed E-state index contributed by atoms with van der Waals surface area (Å²) in [7, 11) is 0. The Morgan fingerprint density at radius 2 is 2.10 bits per heavy atom. The van der Waals surface area contributed by atoms with E-state index >= 15 is 0 Å². The van der Waals surface area contributed by atoms with Crippen LogP contribution in [0.2, 0.25) is 0 Å². The van der Waals surface area contributed by atoms with Crippen LogP contribution in [-0.2, 0) is 12.8 Å². The Balaban J connectivity index is 1.38. The first kappa shape index (κ1) is 18.0. The van der Waals surface area contributed by atoms with Crippen LogP contribution in [0.4, 0.5) is 20.5 Å². The molecule has 9 nitrogen and oxygen atoms in total. The van der Waals surface area contributed by atoms with Gasteiger partial charge in [0.2, 0.25) is 5.95 Å². The molecule has 1 aromatic carbocycles. The van der Waals surface area contributed by atoms with Crippen LogP contribution in [0.25, 0.3) is 16.6 Å². The highest BCUT2D eigenvalue weighted by Crippen LogP contribution is 2.45. The molecule has 158 valence electrons. The van der Waals surface area contributed by atoms with Crippen LogP contribution >= 0.6 is 0 Å². The first-order chi connectivity index (χ1) is 14.9. The second kappa shape index (κ2) is 6.13. The van der Waals surface area contributed by atoms with Gasteiger partial charge in [0.05, 0.1) is 0 Å². The van der Waals surface area contributed by atoms with Crippen molar-refractivity contribution in [1.29, 1.82) is 0 Å². The van der Waals surface area contributed by atoms with Crippen molar-refractivity contribution in [3.05, 3.63) is 41.9 Å². The number of halogens is 2. The van der Waals surface area contributed by atoms with Crippen molar-refractivity contribution in [3.8, 4) is 11.5 Å². The molecular formula is C20H17F2N7O2. The zero-order valence-corrected chi connectivity index (χ0v) is 16.4. The van der Waals surface area contributed by atoms with Crippen molar-refractivity contribution in [2.45, 2.75) is 32.1 Å². The Bertz CT molecular complexity index is 1360. The van der Waals surface area contributed by atoms with Crippen LogP contribution in [0, 0.1) is 0 Å². The number of pyridine rings is 1. The number of anilines is 2. The molecule has 0 aliphatic carbocycles. The fraction of sp³-hybridized carbons (Fsp3) is 0.300. The lowest BCUT2D eigenvalue weighted by atomic mass is 10.2. The van der Waals surface area contributed by atoms with Gasteiger partial charge < -0.3 is 20.1 Å². The van der Waals surface area contributed by atoms with E-state index in [1.54, 1.807) is 12.3 Å². The minimum absolute atomic E-state index is 0.0225. The SMILES string of the molecule is C[C@H](Cc1nc2c3ccc4c(c3nc(N)n2n1)OC(F)(F)O4)N1CCc2cccnc21. The van der Waals surface area contributed by atoms with Crippen LogP contribution in [0.5, 0.6) is 11.5 Å². The Hall–Kier alpha value is -3.76. The third-order valence-corrected chi connectivity index (χ3v) is 5.65. The van der Waals surface area contributed by atoms with Crippen molar-refractivity contribution in [3.63, 3.8) is 0 Å². The molecule has 2 aliphatic heterocycles. The van der Waals surface area contributed by atoms with Gasteiger partial charge in [0.1, 0.15) is 11.3 Å². The zero-order chi connectivity index (χ0) is 21.3. The highest BCUT2D eigenvalue weighted by Gasteiger charge is 2.45. The molecule has 5 heterocycles. The lowest BCUT2D eigenvalue weighted by Gasteiger charge is -2.25. The fourth-order valence-corrected chi connectivity index (χ4v) is 4.26. The lowest BCUT2D eigenvalue weighted by molar-refractivity contribution is -0.286. The van der Waals surface area contributed by atoms with E-state index in [1.807, 2.05) is 6.07 Å². The number of benzene rings is 1. The van der Waals surface area contributed by atoms with Crippen molar-refractivity contribution in [1.82, 2.24) is 24.6 Å². The maximum atomic E-state index is 13.5. The summed E-state index contributed by atoms with van der Waals surface area (Å²) in [6.07, 6.45) is -0.445. The van der Waals surface area contributed by atoms with Gasteiger partial charge in [0, 0.05) is 30.6 Å². The van der Waals surface area contributed by atoms with Crippen LogP contribution in [0.1, 0.15) is 18.3 Å². The Morgan fingerprint density at radius 1 is 1.23 bits per heavy atom. The van der Waals surface area contributed by atoms with E-state index < -0.39 is 6.29 Å². The maximum Gasteiger partial charge on any atom is 0.586 e. The summed E-state index contributed by atoms with van der Waals surface area (Å²) in [6.45, 7) is 2.97. The van der Waals surface area contributed by atoms with Crippen LogP contribution in [0.3, 0.4) is 0 Å². The van der Waals surface area contributed by atoms with Crippen molar-refractivity contribution in [2.24, 2.45) is 0 Å². The molecular weight excluding hydrogens is 408 g/mol. The molecule has 0 saturated heterocycles. The van der Waals surface area contributed by atoms with Gasteiger partial charge in [-0.1, -0.05) is 6.07 Å². The predicted molar refractivity (Wildman–Crippen MR) is 107 cm³/mol. The number of aromatic nitrogens is 5. The highest BCUT2D eigenvalue weighted by molar-refractivity contribution is 5.97. The van der Waals surface area contributed by atoms with E-state index in [4.69, 9.17) is 5.73 Å². The molecule has 6 rings (SSSR count). The van der Waals surface area contributed by atoms with Crippen LogP contribution in [0.15, 0.2) is 30.5 Å². The number of hydrogen-bond donors (Lipinski definition) is 1. The first-order valence-corrected chi connectivity index (χ1v) is 9.84. The highest BCUT2D eigenvalue weighted by atomic mass is 19.3. The summed E-state index contributed by atoms with van der Waals surface area (Å²) < 4.78 is 37.6.